The lowest BCUT2D eigenvalue weighted by molar-refractivity contribution is -0.136. The van der Waals surface area contributed by atoms with Crippen LogP contribution in [0.25, 0.3) is 0 Å². The van der Waals surface area contributed by atoms with Gasteiger partial charge in [-0.05, 0) is 5.92 Å². The first-order valence-corrected chi connectivity index (χ1v) is 9.13. The summed E-state index contributed by atoms with van der Waals surface area (Å²) in [6.07, 6.45) is 2.18. The van der Waals surface area contributed by atoms with E-state index in [0.29, 0.717) is 32.0 Å². The van der Waals surface area contributed by atoms with Crippen LogP contribution < -0.4 is 4.90 Å². The summed E-state index contributed by atoms with van der Waals surface area (Å²) in [5, 5.41) is 3.00. The Kier molecular flexibility index (Phi) is 4.84. The van der Waals surface area contributed by atoms with Gasteiger partial charge in [0.25, 0.3) is 0 Å². The molecule has 126 valence electrons. The van der Waals surface area contributed by atoms with E-state index in [1.54, 1.807) is 11.3 Å². The molecule has 0 spiro atoms. The van der Waals surface area contributed by atoms with Crippen molar-refractivity contribution in [3.8, 4) is 0 Å². The second-order valence-corrected chi connectivity index (χ2v) is 7.59. The Balaban J connectivity index is 1.53. The van der Waals surface area contributed by atoms with Gasteiger partial charge in [0, 0.05) is 57.3 Å². The number of nitrogens with zero attached hydrogens (tertiary/aromatic N) is 4. The fraction of sp³-hybridized carbons (Fsp3) is 0.688. The summed E-state index contributed by atoms with van der Waals surface area (Å²) < 4.78 is 0. The van der Waals surface area contributed by atoms with E-state index >= 15 is 0 Å². The summed E-state index contributed by atoms with van der Waals surface area (Å²) in [6, 6.07) is 0. The predicted molar refractivity (Wildman–Crippen MR) is 90.4 cm³/mol. The van der Waals surface area contributed by atoms with Crippen molar-refractivity contribution < 1.29 is 9.59 Å². The Morgan fingerprint density at radius 1 is 1.35 bits per heavy atom. The fourth-order valence-corrected chi connectivity index (χ4v) is 4.00. The molecule has 7 heteroatoms. The van der Waals surface area contributed by atoms with Crippen LogP contribution in [0, 0.1) is 11.8 Å². The van der Waals surface area contributed by atoms with Crippen molar-refractivity contribution in [3.05, 3.63) is 11.6 Å². The van der Waals surface area contributed by atoms with Crippen LogP contribution >= 0.6 is 11.3 Å². The lowest BCUT2D eigenvalue weighted by Crippen LogP contribution is -2.50. The standard InChI is InChI=1S/C16H24N4O2S/c1-12(2)10-20-11-13(9-14(20)21)15(22)18-4-6-19(7-5-18)16-17-3-8-23-16/h3,8,12-13H,4-7,9-11H2,1-2H3. The molecular weight excluding hydrogens is 312 g/mol. The van der Waals surface area contributed by atoms with Crippen LogP contribution in [-0.2, 0) is 9.59 Å². The number of aromatic nitrogens is 1. The van der Waals surface area contributed by atoms with Gasteiger partial charge in [0.2, 0.25) is 11.8 Å². The Morgan fingerprint density at radius 2 is 2.09 bits per heavy atom. The van der Waals surface area contributed by atoms with Gasteiger partial charge in [0.15, 0.2) is 5.13 Å². The summed E-state index contributed by atoms with van der Waals surface area (Å²) in [5.74, 6) is 0.546. The van der Waals surface area contributed by atoms with E-state index in [0.717, 1.165) is 24.8 Å². The van der Waals surface area contributed by atoms with Crippen LogP contribution in [0.5, 0.6) is 0 Å². The molecule has 1 unspecified atom stereocenters. The van der Waals surface area contributed by atoms with Crippen molar-refractivity contribution in [2.24, 2.45) is 11.8 Å². The maximum atomic E-state index is 12.7. The number of thiazole rings is 1. The molecule has 1 atom stereocenters. The van der Waals surface area contributed by atoms with Gasteiger partial charge in [-0.3, -0.25) is 9.59 Å². The van der Waals surface area contributed by atoms with Gasteiger partial charge in [-0.15, -0.1) is 11.3 Å². The second kappa shape index (κ2) is 6.86. The molecule has 0 aromatic carbocycles. The van der Waals surface area contributed by atoms with Gasteiger partial charge in [0.1, 0.15) is 0 Å². The number of hydrogen-bond acceptors (Lipinski definition) is 5. The van der Waals surface area contributed by atoms with E-state index in [9.17, 15) is 9.59 Å². The van der Waals surface area contributed by atoms with Gasteiger partial charge in [0.05, 0.1) is 5.92 Å². The second-order valence-electron chi connectivity index (χ2n) is 6.72. The highest BCUT2D eigenvalue weighted by Gasteiger charge is 2.37. The molecule has 3 heterocycles. The Bertz CT molecular complexity index is 552. The molecule has 2 aliphatic rings. The first-order valence-electron chi connectivity index (χ1n) is 8.25. The maximum absolute atomic E-state index is 12.7. The van der Waals surface area contributed by atoms with Gasteiger partial charge >= 0.3 is 0 Å². The first-order chi connectivity index (χ1) is 11.0. The zero-order chi connectivity index (χ0) is 16.4. The molecular formula is C16H24N4O2S. The average Bonchev–Trinajstić information content (AvgIpc) is 3.17. The molecule has 2 aliphatic heterocycles. The fourth-order valence-electron chi connectivity index (χ4n) is 3.30. The van der Waals surface area contributed by atoms with E-state index in [-0.39, 0.29) is 17.7 Å². The lowest BCUT2D eigenvalue weighted by atomic mass is 10.1. The molecule has 2 amide bonds. The number of anilines is 1. The molecule has 1 aromatic rings. The maximum Gasteiger partial charge on any atom is 0.228 e. The average molecular weight is 336 g/mol. The molecule has 1 aromatic heterocycles. The van der Waals surface area contributed by atoms with Crippen LogP contribution in [0.3, 0.4) is 0 Å². The van der Waals surface area contributed by atoms with Crippen LogP contribution in [0.4, 0.5) is 5.13 Å². The van der Waals surface area contributed by atoms with Crippen molar-refractivity contribution in [3.63, 3.8) is 0 Å². The highest BCUT2D eigenvalue weighted by molar-refractivity contribution is 7.13. The zero-order valence-electron chi connectivity index (χ0n) is 13.8. The molecule has 0 saturated carbocycles. The van der Waals surface area contributed by atoms with Crippen LogP contribution in [0.2, 0.25) is 0 Å². The molecule has 2 fully saturated rings. The molecule has 2 saturated heterocycles. The smallest absolute Gasteiger partial charge is 0.228 e. The number of likely N-dealkylation sites (tertiary alicyclic amines) is 1. The normalized spacial score (nSPS) is 22.3. The summed E-state index contributed by atoms with van der Waals surface area (Å²) in [5.41, 5.74) is 0. The quantitative estimate of drug-likeness (QED) is 0.831. The minimum Gasteiger partial charge on any atom is -0.345 e. The van der Waals surface area contributed by atoms with Gasteiger partial charge < -0.3 is 14.7 Å². The number of amides is 2. The summed E-state index contributed by atoms with van der Waals surface area (Å²) in [4.78, 5) is 35.1. The van der Waals surface area contributed by atoms with Crippen molar-refractivity contribution in [1.82, 2.24) is 14.8 Å². The summed E-state index contributed by atoms with van der Waals surface area (Å²) in [7, 11) is 0. The van der Waals surface area contributed by atoms with Gasteiger partial charge in [-0.1, -0.05) is 13.8 Å². The number of rotatable bonds is 4. The van der Waals surface area contributed by atoms with Crippen LogP contribution in [0.1, 0.15) is 20.3 Å². The van der Waals surface area contributed by atoms with Gasteiger partial charge in [-0.25, -0.2) is 4.98 Å². The number of piperazine rings is 1. The van der Waals surface area contributed by atoms with E-state index in [1.165, 1.54) is 0 Å². The minimum atomic E-state index is -0.160. The Morgan fingerprint density at radius 3 is 2.70 bits per heavy atom. The highest BCUT2D eigenvalue weighted by atomic mass is 32.1. The number of hydrogen-bond donors (Lipinski definition) is 0. The molecule has 0 N–H and O–H groups in total. The van der Waals surface area contributed by atoms with Crippen LogP contribution in [-0.4, -0.2) is 65.9 Å². The van der Waals surface area contributed by atoms with E-state index in [1.807, 2.05) is 21.4 Å². The third kappa shape index (κ3) is 3.65. The SMILES string of the molecule is CC(C)CN1CC(C(=O)N2CCN(c3nccs3)CC2)CC1=O. The molecule has 0 aliphatic carbocycles. The zero-order valence-corrected chi connectivity index (χ0v) is 14.6. The molecule has 3 rings (SSSR count). The monoisotopic (exact) mass is 336 g/mol. The van der Waals surface area contributed by atoms with E-state index in [2.05, 4.69) is 23.7 Å². The van der Waals surface area contributed by atoms with Crippen molar-refractivity contribution >= 4 is 28.3 Å². The first kappa shape index (κ1) is 16.2. The topological polar surface area (TPSA) is 56.8 Å². The van der Waals surface area contributed by atoms with Crippen molar-refractivity contribution in [2.45, 2.75) is 20.3 Å². The molecule has 6 nitrogen and oxygen atoms in total. The third-order valence-electron chi connectivity index (χ3n) is 4.43. The minimum absolute atomic E-state index is 0.124. The molecule has 0 radical (unpaired) electrons. The number of carbonyl (C=O) groups excluding carboxylic acids is 2. The highest BCUT2D eigenvalue weighted by Crippen LogP contribution is 2.23. The van der Waals surface area contributed by atoms with E-state index < -0.39 is 0 Å². The van der Waals surface area contributed by atoms with Crippen molar-refractivity contribution in [2.75, 3.05) is 44.2 Å². The summed E-state index contributed by atoms with van der Waals surface area (Å²) in [6.45, 7) is 8.59. The lowest BCUT2D eigenvalue weighted by Gasteiger charge is -2.35. The molecule has 23 heavy (non-hydrogen) atoms. The van der Waals surface area contributed by atoms with Crippen LogP contribution in [0.15, 0.2) is 11.6 Å². The Hall–Kier alpha value is -1.63. The van der Waals surface area contributed by atoms with Gasteiger partial charge in [-0.2, -0.15) is 0 Å². The largest absolute Gasteiger partial charge is 0.345 e. The Labute approximate surface area is 141 Å². The van der Waals surface area contributed by atoms with E-state index in [4.69, 9.17) is 0 Å². The third-order valence-corrected chi connectivity index (χ3v) is 5.26. The molecule has 0 bridgehead atoms. The predicted octanol–water partition coefficient (Wildman–Crippen LogP) is 1.30. The van der Waals surface area contributed by atoms with Crippen molar-refractivity contribution in [1.29, 1.82) is 0 Å². The summed E-state index contributed by atoms with van der Waals surface area (Å²) >= 11 is 1.63. The number of carbonyl (C=O) groups is 2.